The van der Waals surface area contributed by atoms with E-state index in [1.165, 1.54) is 0 Å². The predicted octanol–water partition coefficient (Wildman–Crippen LogP) is 2.83. The molecule has 2 aromatic carbocycles. The maximum atomic E-state index is 9.42. The van der Waals surface area contributed by atoms with Crippen LogP contribution < -0.4 is 10.2 Å². The van der Waals surface area contributed by atoms with Crippen molar-refractivity contribution in [2.24, 2.45) is 0 Å². The van der Waals surface area contributed by atoms with E-state index in [1.807, 2.05) is 26.0 Å². The van der Waals surface area contributed by atoms with Gasteiger partial charge in [-0.3, -0.25) is 0 Å². The van der Waals surface area contributed by atoms with Crippen LogP contribution in [0.15, 0.2) is 36.4 Å². The molecule has 0 unspecified atom stereocenters. The molecule has 0 atom stereocenters. The molecule has 0 saturated heterocycles. The van der Waals surface area contributed by atoms with E-state index < -0.39 is 12.5 Å². The summed E-state index contributed by atoms with van der Waals surface area (Å²) in [5.41, 5.74) is 2.12. The van der Waals surface area contributed by atoms with Crippen molar-refractivity contribution in [2.75, 3.05) is 12.5 Å². The molecule has 2 rings (SSSR count). The summed E-state index contributed by atoms with van der Waals surface area (Å²) < 4.78 is 5.48. The summed E-state index contributed by atoms with van der Waals surface area (Å²) in [5.74, 6) is 0.639. The Labute approximate surface area is 157 Å². The quantitative estimate of drug-likeness (QED) is 0.599. The molecule has 0 heterocycles. The summed E-state index contributed by atoms with van der Waals surface area (Å²) >= 11 is 12.0. The fourth-order valence-electron chi connectivity index (χ4n) is 2.56. The van der Waals surface area contributed by atoms with Crippen molar-refractivity contribution in [1.29, 1.82) is 5.26 Å². The van der Waals surface area contributed by atoms with Crippen molar-refractivity contribution >= 4 is 35.8 Å². The second-order valence-corrected chi connectivity index (χ2v) is 6.89. The van der Waals surface area contributed by atoms with Gasteiger partial charge in [-0.25, -0.2) is 0 Å². The number of nitrogens with zero attached hydrogens (tertiary/aromatic N) is 1. The van der Waals surface area contributed by atoms with Gasteiger partial charge in [0.15, 0.2) is 5.75 Å². The van der Waals surface area contributed by atoms with Gasteiger partial charge in [-0.2, -0.15) is 5.26 Å². The summed E-state index contributed by atoms with van der Waals surface area (Å²) in [5, 5.41) is 28.2. The van der Waals surface area contributed by atoms with Gasteiger partial charge in [-0.1, -0.05) is 49.7 Å². The third kappa shape index (κ3) is 4.28. The largest absolute Gasteiger partial charge is 0.489 e. The molecule has 2 aromatic rings. The van der Waals surface area contributed by atoms with Crippen LogP contribution >= 0.6 is 23.2 Å². The number of hydrogen-bond acceptors (Lipinski definition) is 4. The number of ether oxygens (including phenoxy) is 1. The average molecular weight is 378 g/mol. The summed E-state index contributed by atoms with van der Waals surface area (Å²) in [6.45, 7) is 4.27. The van der Waals surface area contributed by atoms with Gasteiger partial charge in [0.25, 0.3) is 0 Å². The Morgan fingerprint density at radius 3 is 2.32 bits per heavy atom. The Morgan fingerprint density at radius 2 is 1.80 bits per heavy atom. The molecule has 0 aliphatic heterocycles. The number of halogens is 2. The monoisotopic (exact) mass is 377 g/mol. The fourth-order valence-corrected chi connectivity index (χ4v) is 2.91. The molecule has 25 heavy (non-hydrogen) atoms. The minimum Gasteiger partial charge on any atom is -0.489 e. The van der Waals surface area contributed by atoms with Crippen LogP contribution in [0.4, 0.5) is 0 Å². The molecule has 7 heteroatoms. The fraction of sp³-hybridized carbons (Fsp3) is 0.278. The Kier molecular flexibility index (Phi) is 6.37. The summed E-state index contributed by atoms with van der Waals surface area (Å²) in [6.07, 6.45) is 0. The number of rotatable bonds is 6. The summed E-state index contributed by atoms with van der Waals surface area (Å²) in [6, 6.07) is 12.6. The molecule has 2 N–H and O–H groups in total. The van der Waals surface area contributed by atoms with Crippen LogP contribution in [-0.2, 0) is 5.41 Å². The van der Waals surface area contributed by atoms with Crippen molar-refractivity contribution in [3.63, 3.8) is 0 Å². The van der Waals surface area contributed by atoms with Crippen LogP contribution in [0.25, 0.3) is 0 Å². The van der Waals surface area contributed by atoms with Gasteiger partial charge in [-0.15, -0.1) is 11.6 Å². The number of alkyl halides is 1. The first-order chi connectivity index (χ1) is 11.8. The third-order valence-electron chi connectivity index (χ3n) is 4.14. The molecular weight excluding hydrogens is 360 g/mol. The number of nitriles is 1. The van der Waals surface area contributed by atoms with Gasteiger partial charge < -0.3 is 14.8 Å². The second-order valence-electron chi connectivity index (χ2n) is 6.10. The lowest BCUT2D eigenvalue weighted by Gasteiger charge is -2.27. The lowest BCUT2D eigenvalue weighted by atomic mass is 9.74. The minimum atomic E-state index is -1.50. The Morgan fingerprint density at radius 1 is 1.16 bits per heavy atom. The standard InChI is InChI=1S/C18H18BCl2NO3/c1-18(2,13-3-5-15(6-4-13)19(23)24)14-9-12(11-22)17(16(21)10-14)25-8-7-20/h3-6,9-10,23-24H,7-8H2,1-2H3. The highest BCUT2D eigenvalue weighted by Crippen LogP contribution is 2.38. The molecule has 0 saturated carbocycles. The van der Waals surface area contributed by atoms with Crippen LogP contribution in [0.5, 0.6) is 5.75 Å². The second kappa shape index (κ2) is 8.12. The minimum absolute atomic E-state index is 0.268. The lowest BCUT2D eigenvalue weighted by molar-refractivity contribution is 0.341. The molecular formula is C18H18BCl2NO3. The topological polar surface area (TPSA) is 73.5 Å². The van der Waals surface area contributed by atoms with Crippen molar-refractivity contribution in [1.82, 2.24) is 0 Å². The maximum absolute atomic E-state index is 9.42. The van der Waals surface area contributed by atoms with E-state index in [4.69, 9.17) is 27.9 Å². The molecule has 0 fully saturated rings. The zero-order valence-electron chi connectivity index (χ0n) is 14.0. The van der Waals surface area contributed by atoms with E-state index >= 15 is 0 Å². The van der Waals surface area contributed by atoms with Crippen molar-refractivity contribution in [3.05, 3.63) is 58.1 Å². The molecule has 0 radical (unpaired) electrons. The first-order valence-corrected chi connectivity index (χ1v) is 8.62. The van der Waals surface area contributed by atoms with Gasteiger partial charge in [-0.05, 0) is 28.7 Å². The molecule has 0 bridgehead atoms. The highest BCUT2D eigenvalue weighted by atomic mass is 35.5. The summed E-state index contributed by atoms with van der Waals surface area (Å²) in [4.78, 5) is 0. The number of hydrogen-bond donors (Lipinski definition) is 2. The van der Waals surface area contributed by atoms with E-state index in [0.29, 0.717) is 27.7 Å². The van der Waals surface area contributed by atoms with Crippen LogP contribution in [0.3, 0.4) is 0 Å². The van der Waals surface area contributed by atoms with Gasteiger partial charge in [0.05, 0.1) is 16.5 Å². The highest BCUT2D eigenvalue weighted by molar-refractivity contribution is 6.58. The zero-order chi connectivity index (χ0) is 18.6. The average Bonchev–Trinajstić information content (AvgIpc) is 2.60. The van der Waals surface area contributed by atoms with E-state index in [0.717, 1.165) is 11.1 Å². The number of benzene rings is 2. The Bertz CT molecular complexity index is 786. The van der Waals surface area contributed by atoms with E-state index in [1.54, 1.807) is 24.3 Å². The van der Waals surface area contributed by atoms with E-state index in [9.17, 15) is 15.3 Å². The zero-order valence-corrected chi connectivity index (χ0v) is 15.5. The molecule has 0 spiro atoms. The van der Waals surface area contributed by atoms with Crippen LogP contribution in [0, 0.1) is 11.3 Å². The van der Waals surface area contributed by atoms with Gasteiger partial charge in [0, 0.05) is 5.41 Å². The van der Waals surface area contributed by atoms with Crippen molar-refractivity contribution in [3.8, 4) is 11.8 Å². The van der Waals surface area contributed by atoms with Gasteiger partial charge >= 0.3 is 7.12 Å². The van der Waals surface area contributed by atoms with Crippen LogP contribution in [0.1, 0.15) is 30.5 Å². The van der Waals surface area contributed by atoms with Crippen molar-refractivity contribution in [2.45, 2.75) is 19.3 Å². The van der Waals surface area contributed by atoms with Crippen LogP contribution in [-0.4, -0.2) is 29.7 Å². The SMILES string of the molecule is CC(C)(c1ccc(B(O)O)cc1)c1cc(Cl)c(OCCCl)c(C#N)c1. The molecule has 0 aliphatic rings. The van der Waals surface area contributed by atoms with Gasteiger partial charge in [0.1, 0.15) is 12.7 Å². The van der Waals surface area contributed by atoms with E-state index in [-0.39, 0.29) is 6.61 Å². The molecule has 130 valence electrons. The van der Waals surface area contributed by atoms with E-state index in [2.05, 4.69) is 6.07 Å². The third-order valence-corrected chi connectivity index (χ3v) is 4.57. The maximum Gasteiger partial charge on any atom is 0.488 e. The molecule has 0 amide bonds. The Hall–Kier alpha value is -1.71. The van der Waals surface area contributed by atoms with Gasteiger partial charge in [0.2, 0.25) is 0 Å². The van der Waals surface area contributed by atoms with Crippen molar-refractivity contribution < 1.29 is 14.8 Å². The smallest absolute Gasteiger partial charge is 0.488 e. The first-order valence-electron chi connectivity index (χ1n) is 7.70. The normalized spacial score (nSPS) is 11.1. The molecule has 0 aliphatic carbocycles. The Balaban J connectivity index is 2.45. The summed E-state index contributed by atoms with van der Waals surface area (Å²) in [7, 11) is -1.50. The highest BCUT2D eigenvalue weighted by Gasteiger charge is 2.26. The van der Waals surface area contributed by atoms with Crippen LogP contribution in [0.2, 0.25) is 5.02 Å². The molecule has 4 nitrogen and oxygen atoms in total. The predicted molar refractivity (Wildman–Crippen MR) is 101 cm³/mol. The molecule has 0 aromatic heterocycles. The lowest BCUT2D eigenvalue weighted by Crippen LogP contribution is -2.30. The first kappa shape index (κ1) is 19.6.